The van der Waals surface area contributed by atoms with Crippen LogP contribution in [0.1, 0.15) is 84.1 Å². The molecule has 4 heterocycles. The molecule has 9 unspecified atom stereocenters. The zero-order chi connectivity index (χ0) is 31.5. The lowest BCUT2D eigenvalue weighted by molar-refractivity contribution is -0.968. The Hall–Kier alpha value is -1.54. The SMILES string of the molecule is CCC[N+]1(CC)CNC(N)C2NCN(C3OC(CN(C(C)C)C4CC(CCC5Nc6ccc(C7CC7)cc6N5)C4)C(O)C3O)C21. The third-order valence-electron chi connectivity index (χ3n) is 12.1. The fourth-order valence-corrected chi connectivity index (χ4v) is 9.23. The summed E-state index contributed by atoms with van der Waals surface area (Å²) in [5.74, 6) is 1.49. The van der Waals surface area contributed by atoms with Crippen molar-refractivity contribution in [3.05, 3.63) is 23.8 Å². The molecule has 11 nitrogen and oxygen atoms in total. The van der Waals surface area contributed by atoms with Gasteiger partial charge in [0.25, 0.3) is 0 Å². The number of likely N-dealkylation sites (N-methyl/N-ethyl adjacent to an activating group) is 1. The second-order valence-corrected chi connectivity index (χ2v) is 15.3. The Morgan fingerprint density at radius 1 is 1.07 bits per heavy atom. The van der Waals surface area contributed by atoms with Gasteiger partial charge in [-0.2, -0.15) is 0 Å². The van der Waals surface area contributed by atoms with Gasteiger partial charge in [0.2, 0.25) is 0 Å². The van der Waals surface area contributed by atoms with Crippen LogP contribution in [0.5, 0.6) is 0 Å². The number of aliphatic hydroxyl groups is 2. The van der Waals surface area contributed by atoms with E-state index in [9.17, 15) is 10.2 Å². The zero-order valence-electron chi connectivity index (χ0n) is 27.9. The highest BCUT2D eigenvalue weighted by Gasteiger charge is 2.59. The van der Waals surface area contributed by atoms with Crippen LogP contribution < -0.4 is 27.0 Å². The van der Waals surface area contributed by atoms with Gasteiger partial charge in [-0.25, -0.2) is 4.90 Å². The Kier molecular flexibility index (Phi) is 9.12. The van der Waals surface area contributed by atoms with Gasteiger partial charge < -0.3 is 31.3 Å². The molecule has 5 fully saturated rings. The van der Waals surface area contributed by atoms with Gasteiger partial charge in [-0.05, 0) is 95.2 Å². The van der Waals surface area contributed by atoms with Gasteiger partial charge in [-0.15, -0.1) is 0 Å². The van der Waals surface area contributed by atoms with E-state index in [4.69, 9.17) is 10.5 Å². The summed E-state index contributed by atoms with van der Waals surface area (Å²) >= 11 is 0. The van der Waals surface area contributed by atoms with Gasteiger partial charge in [0, 0.05) is 18.6 Å². The summed E-state index contributed by atoms with van der Waals surface area (Å²) in [6.45, 7) is 13.0. The maximum atomic E-state index is 11.4. The molecule has 2 aliphatic carbocycles. The van der Waals surface area contributed by atoms with E-state index in [1.54, 1.807) is 0 Å². The van der Waals surface area contributed by atoms with Crippen LogP contribution in [-0.2, 0) is 4.74 Å². The first-order valence-corrected chi connectivity index (χ1v) is 18.0. The molecular formula is C34H59N8O3+. The van der Waals surface area contributed by atoms with E-state index >= 15 is 0 Å². The summed E-state index contributed by atoms with van der Waals surface area (Å²) < 4.78 is 7.48. The second kappa shape index (κ2) is 12.8. The van der Waals surface area contributed by atoms with Crippen LogP contribution in [0.15, 0.2) is 18.2 Å². The molecule has 4 aliphatic heterocycles. The molecule has 252 valence electrons. The predicted octanol–water partition coefficient (Wildman–Crippen LogP) is 2.09. The van der Waals surface area contributed by atoms with Crippen LogP contribution in [0.3, 0.4) is 0 Å². The minimum Gasteiger partial charge on any atom is -0.387 e. The van der Waals surface area contributed by atoms with E-state index in [-0.39, 0.29) is 18.4 Å². The van der Waals surface area contributed by atoms with Crippen molar-refractivity contribution in [3.63, 3.8) is 0 Å². The van der Waals surface area contributed by atoms with E-state index in [0.29, 0.717) is 37.4 Å². The molecular weight excluding hydrogens is 568 g/mol. The minimum atomic E-state index is -0.957. The molecule has 8 N–H and O–H groups in total. The lowest BCUT2D eigenvalue weighted by Crippen LogP contribution is -2.77. The van der Waals surface area contributed by atoms with Crippen LogP contribution in [-0.4, -0.2) is 119 Å². The number of ether oxygens (including phenoxy) is 1. The number of nitrogens with zero attached hydrogens (tertiary/aromatic N) is 3. The van der Waals surface area contributed by atoms with Crippen LogP contribution in [0.2, 0.25) is 0 Å². The lowest BCUT2D eigenvalue weighted by Gasteiger charge is -2.52. The van der Waals surface area contributed by atoms with Crippen molar-refractivity contribution in [2.45, 2.75) is 140 Å². The maximum Gasteiger partial charge on any atom is 0.168 e. The average molecular weight is 628 g/mol. The Morgan fingerprint density at radius 2 is 1.84 bits per heavy atom. The van der Waals surface area contributed by atoms with Crippen molar-refractivity contribution in [3.8, 4) is 0 Å². The van der Waals surface area contributed by atoms with Crippen LogP contribution in [0.25, 0.3) is 0 Å². The van der Waals surface area contributed by atoms with Crippen LogP contribution in [0.4, 0.5) is 11.4 Å². The molecule has 0 spiro atoms. The minimum absolute atomic E-state index is 0.0559. The molecule has 1 aromatic rings. The Balaban J connectivity index is 0.931. The number of anilines is 2. The maximum absolute atomic E-state index is 11.4. The normalized spacial score (nSPS) is 41.2. The largest absolute Gasteiger partial charge is 0.387 e. The predicted molar refractivity (Wildman–Crippen MR) is 177 cm³/mol. The quantitative estimate of drug-likeness (QED) is 0.173. The Morgan fingerprint density at radius 3 is 2.56 bits per heavy atom. The summed E-state index contributed by atoms with van der Waals surface area (Å²) in [7, 11) is 0. The summed E-state index contributed by atoms with van der Waals surface area (Å²) in [5.41, 5.74) is 10.5. The highest BCUT2D eigenvalue weighted by Crippen LogP contribution is 2.44. The monoisotopic (exact) mass is 627 g/mol. The molecule has 0 aromatic heterocycles. The number of fused-ring (bicyclic) bond motifs is 2. The average Bonchev–Trinajstić information content (AvgIpc) is 3.52. The summed E-state index contributed by atoms with van der Waals surface area (Å²) in [6, 6.07) is 7.78. The van der Waals surface area contributed by atoms with Crippen molar-refractivity contribution >= 4 is 11.4 Å². The van der Waals surface area contributed by atoms with Gasteiger partial charge in [0.15, 0.2) is 6.17 Å². The number of quaternary nitrogens is 1. The summed E-state index contributed by atoms with van der Waals surface area (Å²) in [4.78, 5) is 4.77. The number of hydrogen-bond acceptors (Lipinski definition) is 10. The molecule has 9 atom stereocenters. The topological polar surface area (TPSA) is 130 Å². The van der Waals surface area contributed by atoms with E-state index in [0.717, 1.165) is 43.0 Å². The standard InChI is InChI=1S/C34H59N8O3/c1-5-13-42(6-2)19-37-32(35)29-33(42)41(18-36-29)34-31(44)30(43)27(45-34)17-40(20(3)4)24-14-21(15-24)7-12-28-38-25-11-10-23(22-8-9-22)16-26(25)39-28/h10-11,16,20-22,24,27-34,36-39,43-44H,5-9,12-15,17-19,35H2,1-4H3/q+1. The second-order valence-electron chi connectivity index (χ2n) is 15.3. The van der Waals surface area contributed by atoms with E-state index < -0.39 is 24.5 Å². The highest BCUT2D eigenvalue weighted by atomic mass is 16.6. The van der Waals surface area contributed by atoms with E-state index in [2.05, 4.69) is 77.0 Å². The van der Waals surface area contributed by atoms with Crippen molar-refractivity contribution in [1.29, 1.82) is 0 Å². The van der Waals surface area contributed by atoms with Crippen molar-refractivity contribution in [1.82, 2.24) is 20.4 Å². The summed E-state index contributed by atoms with van der Waals surface area (Å²) in [6.07, 6.45) is 5.78. The van der Waals surface area contributed by atoms with Gasteiger partial charge >= 0.3 is 0 Å². The Bertz CT molecular complexity index is 1180. The molecule has 3 saturated heterocycles. The Labute approximate surface area is 269 Å². The zero-order valence-corrected chi connectivity index (χ0v) is 27.9. The molecule has 0 amide bonds. The molecule has 11 heteroatoms. The third-order valence-corrected chi connectivity index (χ3v) is 12.1. The van der Waals surface area contributed by atoms with E-state index in [1.807, 2.05) is 0 Å². The number of aliphatic hydroxyl groups excluding tert-OH is 2. The lowest BCUT2D eigenvalue weighted by atomic mass is 9.76. The first kappa shape index (κ1) is 32.0. The fraction of sp³-hybridized carbons (Fsp3) is 0.824. The smallest absolute Gasteiger partial charge is 0.168 e. The van der Waals surface area contributed by atoms with Crippen molar-refractivity contribution in [2.75, 3.05) is 43.6 Å². The fourth-order valence-electron chi connectivity index (χ4n) is 9.23. The number of hydrogen-bond donors (Lipinski definition) is 7. The molecule has 0 radical (unpaired) electrons. The molecule has 6 aliphatic rings. The van der Waals surface area contributed by atoms with Crippen molar-refractivity contribution < 1.29 is 19.4 Å². The summed E-state index contributed by atoms with van der Waals surface area (Å²) in [5, 5.41) is 37.2. The van der Waals surface area contributed by atoms with Crippen LogP contribution >= 0.6 is 0 Å². The van der Waals surface area contributed by atoms with Gasteiger partial charge in [-0.3, -0.25) is 20.0 Å². The third kappa shape index (κ3) is 6.02. The van der Waals surface area contributed by atoms with Gasteiger partial charge in [-0.1, -0.05) is 13.0 Å². The highest BCUT2D eigenvalue weighted by molar-refractivity contribution is 5.75. The van der Waals surface area contributed by atoms with Crippen molar-refractivity contribution in [2.24, 2.45) is 11.7 Å². The van der Waals surface area contributed by atoms with E-state index in [1.165, 1.54) is 49.0 Å². The number of nitrogens with one attached hydrogen (secondary N) is 4. The number of benzene rings is 1. The molecule has 2 saturated carbocycles. The number of rotatable bonds is 12. The molecule has 0 bridgehead atoms. The van der Waals surface area contributed by atoms with Gasteiger partial charge in [0.05, 0.1) is 43.5 Å². The molecule has 45 heavy (non-hydrogen) atoms. The first-order chi connectivity index (χ1) is 21.7. The van der Waals surface area contributed by atoms with Gasteiger partial charge in [0.1, 0.15) is 37.3 Å². The molecule has 1 aromatic carbocycles. The molecule has 7 rings (SSSR count). The first-order valence-electron chi connectivity index (χ1n) is 18.0. The van der Waals surface area contributed by atoms with Crippen LogP contribution in [0, 0.1) is 5.92 Å². The number of nitrogens with two attached hydrogens (primary N) is 1.